The van der Waals surface area contributed by atoms with Crippen LogP contribution in [0.1, 0.15) is 27.7 Å². The average Bonchev–Trinajstić information content (AvgIpc) is 2.25. The second-order valence-corrected chi connectivity index (χ2v) is 4.44. The fraction of sp³-hybridized carbons (Fsp3) is 0.750. The molecule has 1 unspecified atom stereocenters. The molecule has 4 atom stereocenters. The summed E-state index contributed by atoms with van der Waals surface area (Å²) in [6.45, 7) is 5.71. The summed E-state index contributed by atoms with van der Waals surface area (Å²) >= 11 is 0. The molecular formula is C12H18O7. The van der Waals surface area contributed by atoms with Gasteiger partial charge in [0.2, 0.25) is 12.4 Å². The molecule has 0 amide bonds. The monoisotopic (exact) mass is 274 g/mol. The number of ether oxygens (including phenoxy) is 4. The molecule has 0 aromatic carbocycles. The summed E-state index contributed by atoms with van der Waals surface area (Å²) < 4.78 is 20.5. The van der Waals surface area contributed by atoms with Crippen LogP contribution < -0.4 is 0 Å². The molecule has 19 heavy (non-hydrogen) atoms. The van der Waals surface area contributed by atoms with Crippen molar-refractivity contribution in [3.8, 4) is 0 Å². The van der Waals surface area contributed by atoms with E-state index in [0.29, 0.717) is 0 Å². The predicted molar refractivity (Wildman–Crippen MR) is 61.8 cm³/mol. The second kappa shape index (κ2) is 6.51. The minimum Gasteiger partial charge on any atom is -0.458 e. The zero-order valence-corrected chi connectivity index (χ0v) is 11.4. The fourth-order valence-electron chi connectivity index (χ4n) is 1.87. The molecule has 0 spiro atoms. The van der Waals surface area contributed by atoms with Crippen molar-refractivity contribution in [1.29, 1.82) is 0 Å². The van der Waals surface area contributed by atoms with Gasteiger partial charge in [-0.05, 0) is 0 Å². The number of carbonyl (C=O) groups excluding carboxylic acids is 3. The van der Waals surface area contributed by atoms with Gasteiger partial charge >= 0.3 is 17.9 Å². The van der Waals surface area contributed by atoms with Gasteiger partial charge in [-0.3, -0.25) is 14.4 Å². The molecular weight excluding hydrogens is 256 g/mol. The van der Waals surface area contributed by atoms with Gasteiger partial charge in [-0.1, -0.05) is 6.92 Å². The van der Waals surface area contributed by atoms with E-state index in [-0.39, 0.29) is 12.5 Å². The molecule has 0 aliphatic carbocycles. The highest BCUT2D eigenvalue weighted by Crippen LogP contribution is 2.26. The van der Waals surface area contributed by atoms with E-state index in [4.69, 9.17) is 18.9 Å². The van der Waals surface area contributed by atoms with E-state index >= 15 is 0 Å². The molecule has 0 aromatic rings. The SMILES string of the molecule is CC(=O)OC1OC[C@H](C)[C@@H](OC(C)=O)[C@@H]1OC(C)=O. The minimum atomic E-state index is -1.07. The Balaban J connectivity index is 2.89. The maximum Gasteiger partial charge on any atom is 0.305 e. The summed E-state index contributed by atoms with van der Waals surface area (Å²) in [5, 5.41) is 0. The Morgan fingerprint density at radius 1 is 0.895 bits per heavy atom. The molecule has 1 aliphatic rings. The van der Waals surface area contributed by atoms with Gasteiger partial charge in [-0.2, -0.15) is 0 Å². The Morgan fingerprint density at radius 3 is 1.84 bits per heavy atom. The molecule has 1 aliphatic heterocycles. The van der Waals surface area contributed by atoms with E-state index in [2.05, 4.69) is 0 Å². The molecule has 0 saturated carbocycles. The maximum atomic E-state index is 11.1. The highest BCUT2D eigenvalue weighted by molar-refractivity contribution is 5.68. The zero-order valence-electron chi connectivity index (χ0n) is 11.4. The van der Waals surface area contributed by atoms with Crippen molar-refractivity contribution in [2.75, 3.05) is 6.61 Å². The van der Waals surface area contributed by atoms with Gasteiger partial charge in [0.25, 0.3) is 0 Å². The molecule has 108 valence electrons. The molecule has 1 saturated heterocycles. The maximum absolute atomic E-state index is 11.1. The van der Waals surface area contributed by atoms with Crippen molar-refractivity contribution < 1.29 is 33.3 Å². The number of esters is 3. The lowest BCUT2D eigenvalue weighted by Crippen LogP contribution is -2.54. The Kier molecular flexibility index (Phi) is 5.29. The summed E-state index contributed by atoms with van der Waals surface area (Å²) in [7, 11) is 0. The number of hydrogen-bond donors (Lipinski definition) is 0. The van der Waals surface area contributed by atoms with Crippen LogP contribution >= 0.6 is 0 Å². The minimum absolute atomic E-state index is 0.181. The van der Waals surface area contributed by atoms with E-state index < -0.39 is 36.4 Å². The Morgan fingerprint density at radius 2 is 1.37 bits per heavy atom. The Labute approximate surface area is 111 Å². The van der Waals surface area contributed by atoms with Crippen molar-refractivity contribution in [3.05, 3.63) is 0 Å². The largest absolute Gasteiger partial charge is 0.458 e. The molecule has 0 bridgehead atoms. The number of hydrogen-bond acceptors (Lipinski definition) is 7. The van der Waals surface area contributed by atoms with Crippen LogP contribution in [0, 0.1) is 5.92 Å². The molecule has 0 N–H and O–H groups in total. The van der Waals surface area contributed by atoms with Gasteiger partial charge < -0.3 is 18.9 Å². The Bertz CT molecular complexity index is 365. The van der Waals surface area contributed by atoms with Crippen molar-refractivity contribution in [1.82, 2.24) is 0 Å². The normalized spacial score (nSPS) is 30.3. The van der Waals surface area contributed by atoms with Crippen molar-refractivity contribution in [3.63, 3.8) is 0 Å². The van der Waals surface area contributed by atoms with E-state index in [1.807, 2.05) is 0 Å². The smallest absolute Gasteiger partial charge is 0.305 e. The van der Waals surface area contributed by atoms with E-state index in [9.17, 15) is 14.4 Å². The third-order valence-corrected chi connectivity index (χ3v) is 2.56. The fourth-order valence-corrected chi connectivity index (χ4v) is 1.87. The van der Waals surface area contributed by atoms with Crippen LogP contribution in [0.15, 0.2) is 0 Å². The highest BCUT2D eigenvalue weighted by atomic mass is 16.7. The molecule has 0 aromatic heterocycles. The first-order chi connectivity index (χ1) is 8.81. The molecule has 7 heteroatoms. The predicted octanol–water partition coefficient (Wildman–Crippen LogP) is 0.405. The average molecular weight is 274 g/mol. The first-order valence-corrected chi connectivity index (χ1v) is 5.94. The lowest BCUT2D eigenvalue weighted by Gasteiger charge is -2.39. The van der Waals surface area contributed by atoms with Crippen molar-refractivity contribution >= 4 is 17.9 Å². The standard InChI is InChI=1S/C12H18O7/c1-6-5-16-12(19-9(4)15)11(18-8(3)14)10(6)17-7(2)13/h6,10-12H,5H2,1-4H3/t6-,10+,11-,12?/m0/s1. The number of rotatable bonds is 3. The summed E-state index contributed by atoms with van der Waals surface area (Å²) in [4.78, 5) is 33.2. The van der Waals surface area contributed by atoms with E-state index in [1.165, 1.54) is 20.8 Å². The quantitative estimate of drug-likeness (QED) is 0.544. The van der Waals surface area contributed by atoms with Gasteiger partial charge in [-0.25, -0.2) is 0 Å². The molecule has 1 fully saturated rings. The van der Waals surface area contributed by atoms with E-state index in [0.717, 1.165) is 0 Å². The van der Waals surface area contributed by atoms with Gasteiger partial charge in [0.15, 0.2) is 0 Å². The molecule has 1 rings (SSSR count). The van der Waals surface area contributed by atoms with Crippen LogP contribution in [0.4, 0.5) is 0 Å². The third-order valence-electron chi connectivity index (χ3n) is 2.56. The first-order valence-electron chi connectivity index (χ1n) is 5.94. The van der Waals surface area contributed by atoms with Crippen LogP contribution in [-0.2, 0) is 33.3 Å². The summed E-state index contributed by atoms with van der Waals surface area (Å²) in [6.07, 6.45) is -2.74. The molecule has 1 heterocycles. The van der Waals surface area contributed by atoms with Gasteiger partial charge in [0.05, 0.1) is 6.61 Å². The molecule has 7 nitrogen and oxygen atoms in total. The zero-order chi connectivity index (χ0) is 14.6. The number of carbonyl (C=O) groups is 3. The van der Waals surface area contributed by atoms with E-state index in [1.54, 1.807) is 6.92 Å². The lowest BCUT2D eigenvalue weighted by atomic mass is 9.97. The lowest BCUT2D eigenvalue weighted by molar-refractivity contribution is -0.260. The van der Waals surface area contributed by atoms with Gasteiger partial charge in [0.1, 0.15) is 6.10 Å². The summed E-state index contributed by atoms with van der Waals surface area (Å²) in [5.74, 6) is -1.83. The molecule has 0 radical (unpaired) electrons. The topological polar surface area (TPSA) is 88.1 Å². The van der Waals surface area contributed by atoms with Crippen LogP contribution in [0.2, 0.25) is 0 Å². The summed E-state index contributed by atoms with van der Waals surface area (Å²) in [5.41, 5.74) is 0. The van der Waals surface area contributed by atoms with Crippen LogP contribution in [0.5, 0.6) is 0 Å². The van der Waals surface area contributed by atoms with Crippen molar-refractivity contribution in [2.24, 2.45) is 5.92 Å². The first kappa shape index (κ1) is 15.4. The van der Waals surface area contributed by atoms with Crippen molar-refractivity contribution in [2.45, 2.75) is 46.2 Å². The highest BCUT2D eigenvalue weighted by Gasteiger charge is 2.45. The van der Waals surface area contributed by atoms with Gasteiger partial charge in [-0.15, -0.1) is 0 Å². The Hall–Kier alpha value is -1.63. The van der Waals surface area contributed by atoms with Crippen LogP contribution in [0.25, 0.3) is 0 Å². The van der Waals surface area contributed by atoms with Crippen LogP contribution in [0.3, 0.4) is 0 Å². The second-order valence-electron chi connectivity index (χ2n) is 4.44. The summed E-state index contributed by atoms with van der Waals surface area (Å²) in [6, 6.07) is 0. The third kappa shape index (κ3) is 4.51. The van der Waals surface area contributed by atoms with Crippen LogP contribution in [-0.4, -0.2) is 43.0 Å². The van der Waals surface area contributed by atoms with Gasteiger partial charge in [0, 0.05) is 26.7 Å².